The predicted octanol–water partition coefficient (Wildman–Crippen LogP) is 3.17. The first-order valence-corrected chi connectivity index (χ1v) is 5.21. The number of aldehydes is 1. The standard InChI is InChI=1S/C11H9FO2S/c1-6-10(5-13)15-9-4-7(14-2)3-8(12)11(6)9/h3-5H,1-2H3. The quantitative estimate of drug-likeness (QED) is 0.732. The molecule has 2 rings (SSSR count). The number of halogens is 1. The number of hydrogen-bond donors (Lipinski definition) is 0. The van der Waals surface area contributed by atoms with Crippen LogP contribution in [0.3, 0.4) is 0 Å². The molecular weight excluding hydrogens is 215 g/mol. The molecule has 1 aromatic heterocycles. The first kappa shape index (κ1) is 10.1. The van der Waals surface area contributed by atoms with Crippen molar-refractivity contribution in [2.45, 2.75) is 6.92 Å². The smallest absolute Gasteiger partial charge is 0.160 e. The van der Waals surface area contributed by atoms with Crippen molar-refractivity contribution in [3.8, 4) is 5.75 Å². The molecule has 0 aliphatic heterocycles. The van der Waals surface area contributed by atoms with E-state index in [9.17, 15) is 9.18 Å². The highest BCUT2D eigenvalue weighted by Crippen LogP contribution is 2.34. The van der Waals surface area contributed by atoms with Gasteiger partial charge in [-0.15, -0.1) is 11.3 Å². The van der Waals surface area contributed by atoms with Gasteiger partial charge in [0.05, 0.1) is 12.0 Å². The van der Waals surface area contributed by atoms with E-state index in [4.69, 9.17) is 4.74 Å². The van der Waals surface area contributed by atoms with E-state index in [1.165, 1.54) is 24.5 Å². The summed E-state index contributed by atoms with van der Waals surface area (Å²) in [6, 6.07) is 3.07. The van der Waals surface area contributed by atoms with Gasteiger partial charge in [0.1, 0.15) is 11.6 Å². The van der Waals surface area contributed by atoms with Gasteiger partial charge >= 0.3 is 0 Å². The van der Waals surface area contributed by atoms with Crippen LogP contribution in [-0.4, -0.2) is 13.4 Å². The Morgan fingerprint density at radius 2 is 2.20 bits per heavy atom. The molecule has 1 aromatic carbocycles. The Bertz CT molecular complexity index is 531. The van der Waals surface area contributed by atoms with E-state index >= 15 is 0 Å². The van der Waals surface area contributed by atoms with Gasteiger partial charge in [0.2, 0.25) is 0 Å². The number of methoxy groups -OCH3 is 1. The van der Waals surface area contributed by atoms with Gasteiger partial charge in [0.15, 0.2) is 6.29 Å². The molecule has 2 aromatic rings. The maximum atomic E-state index is 13.7. The van der Waals surface area contributed by atoms with Crippen LogP contribution in [0.2, 0.25) is 0 Å². The Morgan fingerprint density at radius 3 is 2.80 bits per heavy atom. The lowest BCUT2D eigenvalue weighted by atomic mass is 10.1. The molecule has 0 radical (unpaired) electrons. The third-order valence-corrected chi connectivity index (χ3v) is 3.50. The summed E-state index contributed by atoms with van der Waals surface area (Å²) in [5.41, 5.74) is 0.699. The second kappa shape index (κ2) is 3.62. The van der Waals surface area contributed by atoms with Gasteiger partial charge in [-0.1, -0.05) is 0 Å². The minimum atomic E-state index is -0.341. The summed E-state index contributed by atoms with van der Waals surface area (Å²) in [6.45, 7) is 1.75. The fourth-order valence-corrected chi connectivity index (χ4v) is 2.62. The van der Waals surface area contributed by atoms with Gasteiger partial charge in [0.25, 0.3) is 0 Å². The molecule has 0 fully saturated rings. The van der Waals surface area contributed by atoms with Crippen molar-refractivity contribution < 1.29 is 13.9 Å². The molecule has 0 aliphatic carbocycles. The molecule has 0 saturated carbocycles. The number of rotatable bonds is 2. The van der Waals surface area contributed by atoms with Crippen molar-refractivity contribution in [3.05, 3.63) is 28.4 Å². The molecule has 4 heteroatoms. The van der Waals surface area contributed by atoms with Crippen molar-refractivity contribution in [3.63, 3.8) is 0 Å². The Hall–Kier alpha value is -1.42. The third kappa shape index (κ3) is 1.51. The first-order chi connectivity index (χ1) is 7.17. The van der Waals surface area contributed by atoms with Crippen LogP contribution in [0.25, 0.3) is 10.1 Å². The highest BCUT2D eigenvalue weighted by atomic mass is 32.1. The number of hydrogen-bond acceptors (Lipinski definition) is 3. The average molecular weight is 224 g/mol. The molecule has 15 heavy (non-hydrogen) atoms. The molecule has 0 bridgehead atoms. The summed E-state index contributed by atoms with van der Waals surface area (Å²) in [7, 11) is 1.49. The van der Waals surface area contributed by atoms with Crippen LogP contribution in [0.4, 0.5) is 4.39 Å². The van der Waals surface area contributed by atoms with E-state index in [0.29, 0.717) is 21.6 Å². The number of ether oxygens (including phenoxy) is 1. The van der Waals surface area contributed by atoms with Crippen LogP contribution < -0.4 is 4.74 Å². The number of fused-ring (bicyclic) bond motifs is 1. The van der Waals surface area contributed by atoms with Gasteiger partial charge in [-0.05, 0) is 18.6 Å². The van der Waals surface area contributed by atoms with E-state index in [1.807, 2.05) is 0 Å². The van der Waals surface area contributed by atoms with Crippen LogP contribution in [0.15, 0.2) is 12.1 Å². The number of benzene rings is 1. The Kier molecular flexibility index (Phi) is 2.44. The topological polar surface area (TPSA) is 26.3 Å². The van der Waals surface area contributed by atoms with E-state index < -0.39 is 0 Å². The van der Waals surface area contributed by atoms with E-state index in [0.717, 1.165) is 11.0 Å². The van der Waals surface area contributed by atoms with Crippen molar-refractivity contribution >= 4 is 27.7 Å². The average Bonchev–Trinajstić information content (AvgIpc) is 2.55. The van der Waals surface area contributed by atoms with Crippen molar-refractivity contribution in [2.24, 2.45) is 0 Å². The van der Waals surface area contributed by atoms with Gasteiger partial charge < -0.3 is 4.74 Å². The maximum absolute atomic E-state index is 13.7. The second-order valence-corrected chi connectivity index (χ2v) is 4.28. The molecule has 1 heterocycles. The zero-order valence-electron chi connectivity index (χ0n) is 8.33. The van der Waals surface area contributed by atoms with Gasteiger partial charge in [0, 0.05) is 16.2 Å². The first-order valence-electron chi connectivity index (χ1n) is 4.39. The summed E-state index contributed by atoms with van der Waals surface area (Å²) in [4.78, 5) is 11.3. The highest BCUT2D eigenvalue weighted by Gasteiger charge is 2.13. The van der Waals surface area contributed by atoms with Gasteiger partial charge in [-0.2, -0.15) is 0 Å². The van der Waals surface area contributed by atoms with E-state index in [-0.39, 0.29) is 5.82 Å². The normalized spacial score (nSPS) is 10.6. The van der Waals surface area contributed by atoms with Gasteiger partial charge in [-0.25, -0.2) is 4.39 Å². The Morgan fingerprint density at radius 1 is 1.47 bits per heavy atom. The zero-order valence-corrected chi connectivity index (χ0v) is 9.15. The summed E-state index contributed by atoms with van der Waals surface area (Å²) >= 11 is 1.28. The molecule has 0 N–H and O–H groups in total. The molecule has 0 aliphatic rings. The number of carbonyl (C=O) groups is 1. The Balaban J connectivity index is 2.82. The van der Waals surface area contributed by atoms with Crippen LogP contribution in [0, 0.1) is 12.7 Å². The summed E-state index contributed by atoms with van der Waals surface area (Å²) in [5, 5.41) is 0.517. The van der Waals surface area contributed by atoms with Crippen molar-refractivity contribution in [1.82, 2.24) is 0 Å². The summed E-state index contributed by atoms with van der Waals surface area (Å²) in [6.07, 6.45) is 0.756. The molecule has 0 atom stereocenters. The lowest BCUT2D eigenvalue weighted by Crippen LogP contribution is -1.85. The number of thiophene rings is 1. The van der Waals surface area contributed by atoms with E-state index in [1.54, 1.807) is 13.0 Å². The van der Waals surface area contributed by atoms with E-state index in [2.05, 4.69) is 0 Å². The fraction of sp³-hybridized carbons (Fsp3) is 0.182. The minimum absolute atomic E-state index is 0.341. The van der Waals surface area contributed by atoms with Crippen LogP contribution in [-0.2, 0) is 0 Å². The maximum Gasteiger partial charge on any atom is 0.160 e. The molecule has 0 amide bonds. The van der Waals surface area contributed by atoms with Gasteiger partial charge in [-0.3, -0.25) is 4.79 Å². The number of aryl methyl sites for hydroxylation is 1. The molecule has 78 valence electrons. The Labute approximate surface area is 90.3 Å². The fourth-order valence-electron chi connectivity index (χ4n) is 1.55. The zero-order chi connectivity index (χ0) is 11.0. The lowest BCUT2D eigenvalue weighted by Gasteiger charge is -2.00. The largest absolute Gasteiger partial charge is 0.497 e. The summed E-state index contributed by atoms with van der Waals surface area (Å²) < 4.78 is 19.4. The summed E-state index contributed by atoms with van der Waals surface area (Å²) in [5.74, 6) is 0.130. The van der Waals surface area contributed by atoms with Crippen LogP contribution in [0.5, 0.6) is 5.75 Å². The molecule has 0 saturated heterocycles. The third-order valence-electron chi connectivity index (χ3n) is 2.33. The molecule has 0 spiro atoms. The van der Waals surface area contributed by atoms with Crippen LogP contribution in [0.1, 0.15) is 15.2 Å². The van der Waals surface area contributed by atoms with Crippen molar-refractivity contribution in [2.75, 3.05) is 7.11 Å². The minimum Gasteiger partial charge on any atom is -0.497 e. The SMILES string of the molecule is COc1cc(F)c2c(C)c(C=O)sc2c1. The van der Waals surface area contributed by atoms with Crippen molar-refractivity contribution in [1.29, 1.82) is 0 Å². The number of carbonyl (C=O) groups excluding carboxylic acids is 1. The predicted molar refractivity (Wildman–Crippen MR) is 58.5 cm³/mol. The highest BCUT2D eigenvalue weighted by molar-refractivity contribution is 7.20. The molecule has 0 unspecified atom stereocenters. The monoisotopic (exact) mass is 224 g/mol. The molecule has 2 nitrogen and oxygen atoms in total. The second-order valence-electron chi connectivity index (χ2n) is 3.19. The lowest BCUT2D eigenvalue weighted by molar-refractivity contribution is 0.112. The van der Waals surface area contributed by atoms with Crippen LogP contribution >= 0.6 is 11.3 Å². The molecular formula is C11H9FO2S.